The van der Waals surface area contributed by atoms with Gasteiger partial charge >= 0.3 is 6.03 Å². The lowest BCUT2D eigenvalue weighted by Crippen LogP contribution is -2.29. The molecule has 0 radical (unpaired) electrons. The second-order valence-electron chi connectivity index (χ2n) is 8.57. The smallest absolute Gasteiger partial charge is 0.319 e. The molecule has 0 aliphatic carbocycles. The van der Waals surface area contributed by atoms with E-state index in [2.05, 4.69) is 27.7 Å². The van der Waals surface area contributed by atoms with Crippen LogP contribution in [0.25, 0.3) is 6.08 Å². The topological polar surface area (TPSA) is 70.7 Å². The highest BCUT2D eigenvalue weighted by atomic mass is 16.5. The summed E-state index contributed by atoms with van der Waals surface area (Å²) in [6, 6.07) is 22.4. The fourth-order valence-electron chi connectivity index (χ4n) is 4.04. The van der Waals surface area contributed by atoms with E-state index in [-0.39, 0.29) is 11.8 Å². The minimum atomic E-state index is -0.312. The number of ether oxygens (including phenoxy) is 1. The van der Waals surface area contributed by atoms with Crippen molar-refractivity contribution >= 4 is 29.3 Å². The van der Waals surface area contributed by atoms with Crippen LogP contribution in [0.15, 0.2) is 78.9 Å². The lowest BCUT2D eigenvalue weighted by molar-refractivity contribution is 0.104. The van der Waals surface area contributed by atoms with Crippen molar-refractivity contribution in [3.8, 4) is 5.75 Å². The molecule has 3 aromatic carbocycles. The Hall–Kier alpha value is -4.06. The average Bonchev–Trinajstić information content (AvgIpc) is 2.92. The standard InChI is InChI=1S/C29H31N3O3/c1-35-27-16-7-23(8-17-27)21-30-29(34)31-25-12-10-24(11-13-25)28(33)18-9-22-5-14-26(15-6-22)32-19-3-2-4-20-32/h5-18H,2-4,19-21H2,1H3,(H2,30,31,34). The molecule has 1 aliphatic heterocycles. The Morgan fingerprint density at radius 1 is 0.886 bits per heavy atom. The van der Waals surface area contributed by atoms with Crippen molar-refractivity contribution in [3.63, 3.8) is 0 Å². The number of anilines is 2. The molecule has 0 saturated carbocycles. The van der Waals surface area contributed by atoms with Gasteiger partial charge in [0.2, 0.25) is 0 Å². The molecule has 0 atom stereocenters. The number of nitrogens with zero attached hydrogens (tertiary/aromatic N) is 1. The molecule has 0 bridgehead atoms. The lowest BCUT2D eigenvalue weighted by atomic mass is 10.1. The molecule has 1 fully saturated rings. The van der Waals surface area contributed by atoms with Crippen molar-refractivity contribution in [2.45, 2.75) is 25.8 Å². The van der Waals surface area contributed by atoms with Crippen LogP contribution < -0.4 is 20.3 Å². The Morgan fingerprint density at radius 2 is 1.57 bits per heavy atom. The van der Waals surface area contributed by atoms with Gasteiger partial charge in [0.1, 0.15) is 5.75 Å². The maximum absolute atomic E-state index is 12.6. The molecule has 4 rings (SSSR count). The Bertz CT molecular complexity index is 1150. The largest absolute Gasteiger partial charge is 0.497 e. The third kappa shape index (κ3) is 6.96. The van der Waals surface area contributed by atoms with E-state index in [0.717, 1.165) is 30.0 Å². The number of ketones is 1. The fourth-order valence-corrected chi connectivity index (χ4v) is 4.04. The normalized spacial score (nSPS) is 13.5. The summed E-state index contributed by atoms with van der Waals surface area (Å²) >= 11 is 0. The first-order valence-corrected chi connectivity index (χ1v) is 12.0. The van der Waals surface area contributed by atoms with Gasteiger partial charge in [-0.2, -0.15) is 0 Å². The molecule has 180 valence electrons. The second kappa shape index (κ2) is 11.9. The first-order chi connectivity index (χ1) is 17.1. The van der Waals surface area contributed by atoms with Gasteiger partial charge in [-0.3, -0.25) is 4.79 Å². The van der Waals surface area contributed by atoms with Crippen molar-refractivity contribution < 1.29 is 14.3 Å². The number of allylic oxidation sites excluding steroid dienone is 1. The first kappa shape index (κ1) is 24.1. The van der Waals surface area contributed by atoms with E-state index in [4.69, 9.17) is 4.74 Å². The number of rotatable bonds is 8. The molecule has 1 heterocycles. The fraction of sp³-hybridized carbons (Fsp3) is 0.241. The summed E-state index contributed by atoms with van der Waals surface area (Å²) < 4.78 is 5.13. The van der Waals surface area contributed by atoms with Gasteiger partial charge in [0, 0.05) is 36.6 Å². The number of hydrogen-bond donors (Lipinski definition) is 2. The number of methoxy groups -OCH3 is 1. The van der Waals surface area contributed by atoms with E-state index in [9.17, 15) is 9.59 Å². The van der Waals surface area contributed by atoms with Crippen molar-refractivity contribution in [1.29, 1.82) is 0 Å². The van der Waals surface area contributed by atoms with E-state index < -0.39 is 0 Å². The van der Waals surface area contributed by atoms with Gasteiger partial charge in [-0.15, -0.1) is 0 Å². The van der Waals surface area contributed by atoms with Crippen LogP contribution in [0.2, 0.25) is 0 Å². The Labute approximate surface area is 206 Å². The molecule has 0 aromatic heterocycles. The van der Waals surface area contributed by atoms with Crippen LogP contribution in [0.4, 0.5) is 16.2 Å². The van der Waals surface area contributed by atoms with Crippen LogP contribution in [-0.2, 0) is 6.54 Å². The lowest BCUT2D eigenvalue weighted by Gasteiger charge is -2.28. The third-order valence-electron chi connectivity index (χ3n) is 6.08. The molecule has 2 N–H and O–H groups in total. The number of piperidine rings is 1. The Kier molecular flexibility index (Phi) is 8.17. The Morgan fingerprint density at radius 3 is 2.23 bits per heavy atom. The molecule has 0 unspecified atom stereocenters. The molecular weight excluding hydrogens is 438 g/mol. The van der Waals surface area contributed by atoms with Crippen LogP contribution >= 0.6 is 0 Å². The predicted octanol–water partition coefficient (Wildman–Crippen LogP) is 5.90. The summed E-state index contributed by atoms with van der Waals surface area (Å²) in [5.41, 5.74) is 4.38. The number of benzene rings is 3. The highest BCUT2D eigenvalue weighted by molar-refractivity contribution is 6.07. The highest BCUT2D eigenvalue weighted by Gasteiger charge is 2.10. The summed E-state index contributed by atoms with van der Waals surface area (Å²) in [4.78, 5) is 27.2. The van der Waals surface area contributed by atoms with Gasteiger partial charge in [-0.1, -0.05) is 30.3 Å². The predicted molar refractivity (Wildman–Crippen MR) is 141 cm³/mol. The van der Waals surface area contributed by atoms with Crippen LogP contribution in [-0.4, -0.2) is 32.0 Å². The molecule has 1 aliphatic rings. The van der Waals surface area contributed by atoms with Crippen LogP contribution in [0.5, 0.6) is 5.75 Å². The summed E-state index contributed by atoms with van der Waals surface area (Å²) in [7, 11) is 1.62. The van der Waals surface area contributed by atoms with Gasteiger partial charge in [-0.25, -0.2) is 4.79 Å². The minimum absolute atomic E-state index is 0.0828. The van der Waals surface area contributed by atoms with Gasteiger partial charge in [0.25, 0.3) is 0 Å². The van der Waals surface area contributed by atoms with E-state index in [1.54, 1.807) is 37.5 Å². The van der Waals surface area contributed by atoms with E-state index in [1.165, 1.54) is 24.9 Å². The van der Waals surface area contributed by atoms with Crippen molar-refractivity contribution in [2.75, 3.05) is 30.4 Å². The molecular formula is C29H31N3O3. The van der Waals surface area contributed by atoms with Crippen molar-refractivity contribution in [1.82, 2.24) is 5.32 Å². The second-order valence-corrected chi connectivity index (χ2v) is 8.57. The molecule has 3 aromatic rings. The van der Waals surface area contributed by atoms with Crippen LogP contribution in [0.1, 0.15) is 40.7 Å². The number of carbonyl (C=O) groups is 2. The molecule has 6 nitrogen and oxygen atoms in total. The number of carbonyl (C=O) groups excluding carboxylic acids is 2. The summed E-state index contributed by atoms with van der Waals surface area (Å²) in [5.74, 6) is 0.689. The maximum Gasteiger partial charge on any atom is 0.319 e. The number of nitrogens with one attached hydrogen (secondary N) is 2. The van der Waals surface area contributed by atoms with E-state index in [1.807, 2.05) is 42.5 Å². The molecule has 0 spiro atoms. The van der Waals surface area contributed by atoms with Gasteiger partial charge in [0.15, 0.2) is 5.78 Å². The quantitative estimate of drug-likeness (QED) is 0.318. The number of hydrogen-bond acceptors (Lipinski definition) is 4. The van der Waals surface area contributed by atoms with E-state index >= 15 is 0 Å². The zero-order valence-corrected chi connectivity index (χ0v) is 20.0. The van der Waals surface area contributed by atoms with Crippen LogP contribution in [0.3, 0.4) is 0 Å². The molecule has 2 amide bonds. The number of urea groups is 1. The maximum atomic E-state index is 12.6. The molecule has 6 heteroatoms. The van der Waals surface area contributed by atoms with Gasteiger partial charge in [-0.05, 0) is 85.0 Å². The first-order valence-electron chi connectivity index (χ1n) is 12.0. The summed E-state index contributed by atoms with van der Waals surface area (Å²) in [6.07, 6.45) is 7.23. The highest BCUT2D eigenvalue weighted by Crippen LogP contribution is 2.21. The summed E-state index contributed by atoms with van der Waals surface area (Å²) in [5, 5.41) is 5.60. The molecule has 35 heavy (non-hydrogen) atoms. The molecule has 1 saturated heterocycles. The average molecular weight is 470 g/mol. The summed E-state index contributed by atoms with van der Waals surface area (Å²) in [6.45, 7) is 2.63. The number of amides is 2. The van der Waals surface area contributed by atoms with Crippen LogP contribution in [0, 0.1) is 0 Å². The van der Waals surface area contributed by atoms with Crippen molar-refractivity contribution in [2.24, 2.45) is 0 Å². The SMILES string of the molecule is COc1ccc(CNC(=O)Nc2ccc(C(=O)C=Cc3ccc(N4CCCCC4)cc3)cc2)cc1. The van der Waals surface area contributed by atoms with E-state index in [0.29, 0.717) is 17.8 Å². The third-order valence-corrected chi connectivity index (χ3v) is 6.08. The monoisotopic (exact) mass is 469 g/mol. The minimum Gasteiger partial charge on any atom is -0.497 e. The zero-order valence-electron chi connectivity index (χ0n) is 20.0. The van der Waals surface area contributed by atoms with Gasteiger partial charge in [0.05, 0.1) is 7.11 Å². The van der Waals surface area contributed by atoms with Crippen molar-refractivity contribution in [3.05, 3.63) is 95.6 Å². The zero-order chi connectivity index (χ0) is 24.5. The van der Waals surface area contributed by atoms with Gasteiger partial charge < -0.3 is 20.3 Å². The Balaban J connectivity index is 1.26.